The summed E-state index contributed by atoms with van der Waals surface area (Å²) in [4.78, 5) is 16.6. The summed E-state index contributed by atoms with van der Waals surface area (Å²) in [6.45, 7) is 0.313. The summed E-state index contributed by atoms with van der Waals surface area (Å²) in [6.07, 6.45) is 0.262. The highest BCUT2D eigenvalue weighted by atomic mass is 16.5. The zero-order valence-electron chi connectivity index (χ0n) is 14.2. The number of nitrogens with zero attached hydrogens (tertiary/aromatic N) is 1. The van der Waals surface area contributed by atoms with Crippen molar-refractivity contribution in [3.8, 4) is 5.75 Å². The fraction of sp³-hybridized carbons (Fsp3) is 0.0909. The molecule has 0 aliphatic carbocycles. The Morgan fingerprint density at radius 3 is 2.54 bits per heavy atom. The van der Waals surface area contributed by atoms with Gasteiger partial charge in [-0.05, 0) is 29.7 Å². The Hall–Kier alpha value is -3.40. The topological polar surface area (TPSA) is 51.2 Å². The minimum atomic E-state index is -0.118. The van der Waals surface area contributed by atoms with E-state index in [4.69, 9.17) is 4.74 Å². The average molecular weight is 342 g/mol. The number of pyridine rings is 1. The zero-order chi connectivity index (χ0) is 17.8. The lowest BCUT2D eigenvalue weighted by molar-refractivity contribution is -0.116. The van der Waals surface area contributed by atoms with Crippen molar-refractivity contribution < 1.29 is 9.53 Å². The first-order valence-corrected chi connectivity index (χ1v) is 8.56. The molecule has 3 aromatic carbocycles. The molecule has 0 saturated carbocycles. The second-order valence-electron chi connectivity index (χ2n) is 6.01. The van der Waals surface area contributed by atoms with Gasteiger partial charge in [-0.25, -0.2) is 4.98 Å². The van der Waals surface area contributed by atoms with Gasteiger partial charge in [0, 0.05) is 10.8 Å². The van der Waals surface area contributed by atoms with Crippen LogP contribution >= 0.6 is 0 Å². The molecule has 4 heteroatoms. The van der Waals surface area contributed by atoms with Gasteiger partial charge in [0.15, 0.2) is 0 Å². The van der Waals surface area contributed by atoms with Gasteiger partial charge in [0.1, 0.15) is 11.6 Å². The molecule has 4 nitrogen and oxygen atoms in total. The monoisotopic (exact) mass is 342 g/mol. The van der Waals surface area contributed by atoms with Gasteiger partial charge in [0.2, 0.25) is 5.91 Å². The van der Waals surface area contributed by atoms with Gasteiger partial charge < -0.3 is 10.1 Å². The molecule has 26 heavy (non-hydrogen) atoms. The third-order valence-electron chi connectivity index (χ3n) is 4.20. The van der Waals surface area contributed by atoms with E-state index in [1.54, 1.807) is 0 Å². The molecule has 1 aromatic heterocycles. The van der Waals surface area contributed by atoms with Crippen molar-refractivity contribution in [1.82, 2.24) is 4.98 Å². The van der Waals surface area contributed by atoms with Crippen LogP contribution in [0.25, 0.3) is 21.7 Å². The lowest BCUT2D eigenvalue weighted by atomic mass is 10.1. The van der Waals surface area contributed by atoms with Gasteiger partial charge in [0.25, 0.3) is 0 Å². The molecule has 0 aliphatic heterocycles. The van der Waals surface area contributed by atoms with Crippen molar-refractivity contribution >= 4 is 33.4 Å². The summed E-state index contributed by atoms with van der Waals surface area (Å²) in [5, 5.41) is 6.04. The number of rotatable bonds is 5. The number of nitrogens with one attached hydrogen (secondary N) is 1. The van der Waals surface area contributed by atoms with Gasteiger partial charge in [-0.3, -0.25) is 4.79 Å². The van der Waals surface area contributed by atoms with Crippen LogP contribution in [0.4, 0.5) is 5.82 Å². The maximum absolute atomic E-state index is 12.2. The summed E-state index contributed by atoms with van der Waals surface area (Å²) in [7, 11) is 0. The van der Waals surface area contributed by atoms with Crippen molar-refractivity contribution in [3.05, 3.63) is 78.9 Å². The van der Waals surface area contributed by atoms with Crippen LogP contribution in [0.5, 0.6) is 5.75 Å². The van der Waals surface area contributed by atoms with Crippen LogP contribution in [-0.2, 0) is 4.79 Å². The Morgan fingerprint density at radius 1 is 0.846 bits per heavy atom. The summed E-state index contributed by atoms with van der Waals surface area (Å²) < 4.78 is 5.82. The van der Waals surface area contributed by atoms with Crippen molar-refractivity contribution in [2.75, 3.05) is 11.9 Å². The molecule has 0 atom stereocenters. The number of ether oxygens (including phenoxy) is 1. The SMILES string of the molecule is O=C(CCOc1cccc2ccccc12)Nc1ccc2ccccc2n1. The molecule has 4 rings (SSSR count). The Kier molecular flexibility index (Phi) is 4.48. The first kappa shape index (κ1) is 16.1. The van der Waals surface area contributed by atoms with Crippen LogP contribution in [0.15, 0.2) is 78.9 Å². The molecule has 1 N–H and O–H groups in total. The molecular formula is C22H18N2O2. The highest BCUT2D eigenvalue weighted by molar-refractivity contribution is 5.92. The average Bonchev–Trinajstić information content (AvgIpc) is 2.68. The van der Waals surface area contributed by atoms with Crippen LogP contribution in [-0.4, -0.2) is 17.5 Å². The molecule has 0 spiro atoms. The molecule has 0 bridgehead atoms. The first-order valence-electron chi connectivity index (χ1n) is 8.56. The maximum atomic E-state index is 12.2. The lowest BCUT2D eigenvalue weighted by Gasteiger charge is -2.09. The normalized spacial score (nSPS) is 10.8. The summed E-state index contributed by atoms with van der Waals surface area (Å²) in [5.74, 6) is 1.23. The Bertz CT molecular complexity index is 1070. The van der Waals surface area contributed by atoms with Crippen LogP contribution in [0.2, 0.25) is 0 Å². The molecule has 0 saturated heterocycles. The predicted molar refractivity (Wildman–Crippen MR) is 104 cm³/mol. The molecule has 128 valence electrons. The fourth-order valence-corrected chi connectivity index (χ4v) is 2.92. The highest BCUT2D eigenvalue weighted by Gasteiger charge is 2.06. The van der Waals surface area contributed by atoms with E-state index in [0.717, 1.165) is 27.4 Å². The van der Waals surface area contributed by atoms with Crippen molar-refractivity contribution in [2.24, 2.45) is 0 Å². The summed E-state index contributed by atoms with van der Waals surface area (Å²) >= 11 is 0. The Morgan fingerprint density at radius 2 is 1.62 bits per heavy atom. The van der Waals surface area contributed by atoms with Crippen LogP contribution in [0.3, 0.4) is 0 Å². The van der Waals surface area contributed by atoms with Gasteiger partial charge in [-0.1, -0.05) is 54.6 Å². The second kappa shape index (κ2) is 7.23. The smallest absolute Gasteiger partial charge is 0.228 e. The van der Waals surface area contributed by atoms with Gasteiger partial charge in [0.05, 0.1) is 18.5 Å². The van der Waals surface area contributed by atoms with Crippen molar-refractivity contribution in [1.29, 1.82) is 0 Å². The number of carbonyl (C=O) groups excluding carboxylic acids is 1. The molecule has 0 radical (unpaired) electrons. The molecule has 1 amide bonds. The van der Waals surface area contributed by atoms with E-state index in [-0.39, 0.29) is 12.3 Å². The van der Waals surface area contributed by atoms with E-state index in [1.807, 2.05) is 78.9 Å². The largest absolute Gasteiger partial charge is 0.492 e. The number of para-hydroxylation sites is 1. The number of aromatic nitrogens is 1. The van der Waals surface area contributed by atoms with Gasteiger partial charge in [-0.15, -0.1) is 0 Å². The van der Waals surface area contributed by atoms with E-state index in [1.165, 1.54) is 0 Å². The molecule has 4 aromatic rings. The minimum absolute atomic E-state index is 0.118. The molecule has 0 aliphatic rings. The van der Waals surface area contributed by atoms with Crippen molar-refractivity contribution in [3.63, 3.8) is 0 Å². The predicted octanol–water partition coefficient (Wildman–Crippen LogP) is 4.80. The number of anilines is 1. The number of fused-ring (bicyclic) bond motifs is 2. The molecule has 1 heterocycles. The molecule has 0 unspecified atom stereocenters. The lowest BCUT2D eigenvalue weighted by Crippen LogP contribution is -2.16. The van der Waals surface area contributed by atoms with E-state index < -0.39 is 0 Å². The van der Waals surface area contributed by atoms with Crippen LogP contribution in [0, 0.1) is 0 Å². The van der Waals surface area contributed by atoms with E-state index in [2.05, 4.69) is 10.3 Å². The molecule has 0 fully saturated rings. The first-order chi connectivity index (χ1) is 12.8. The fourth-order valence-electron chi connectivity index (χ4n) is 2.92. The highest BCUT2D eigenvalue weighted by Crippen LogP contribution is 2.25. The zero-order valence-corrected chi connectivity index (χ0v) is 14.2. The van der Waals surface area contributed by atoms with Gasteiger partial charge >= 0.3 is 0 Å². The Labute approximate surface area is 151 Å². The summed E-state index contributed by atoms with van der Waals surface area (Å²) in [6, 6.07) is 25.5. The number of carbonyl (C=O) groups is 1. The number of benzene rings is 3. The third kappa shape index (κ3) is 3.49. The number of hydrogen-bond acceptors (Lipinski definition) is 3. The van der Waals surface area contributed by atoms with E-state index in [0.29, 0.717) is 12.4 Å². The summed E-state index contributed by atoms with van der Waals surface area (Å²) in [5.41, 5.74) is 0.859. The van der Waals surface area contributed by atoms with Crippen LogP contribution in [0.1, 0.15) is 6.42 Å². The maximum Gasteiger partial charge on any atom is 0.228 e. The standard InChI is InChI=1S/C22H18N2O2/c25-22(24-21-13-12-17-7-2-4-10-19(17)23-21)14-15-26-20-11-5-8-16-6-1-3-9-18(16)20/h1-13H,14-15H2,(H,23,24,25). The molecular weight excluding hydrogens is 324 g/mol. The van der Waals surface area contributed by atoms with E-state index in [9.17, 15) is 4.79 Å². The van der Waals surface area contributed by atoms with E-state index >= 15 is 0 Å². The van der Waals surface area contributed by atoms with Crippen LogP contribution < -0.4 is 10.1 Å². The minimum Gasteiger partial charge on any atom is -0.492 e. The number of amides is 1. The van der Waals surface area contributed by atoms with Gasteiger partial charge in [-0.2, -0.15) is 0 Å². The Balaban J connectivity index is 1.37. The number of hydrogen-bond donors (Lipinski definition) is 1. The third-order valence-corrected chi connectivity index (χ3v) is 4.20. The van der Waals surface area contributed by atoms with Crippen molar-refractivity contribution in [2.45, 2.75) is 6.42 Å². The second-order valence-corrected chi connectivity index (χ2v) is 6.01. The quantitative estimate of drug-likeness (QED) is 0.567.